The monoisotopic (exact) mass is 731 g/mol. The highest BCUT2D eigenvalue weighted by atomic mass is 35.5. The molecule has 4 N–H and O–H groups in total. The number of hydrogen-bond donors (Lipinski definition) is 4. The second-order valence-corrected chi connectivity index (χ2v) is 14.8. The van der Waals surface area contributed by atoms with E-state index >= 15 is 0 Å². The van der Waals surface area contributed by atoms with Crippen LogP contribution in [0.4, 0.5) is 23.1 Å². The van der Waals surface area contributed by atoms with E-state index in [1.54, 1.807) is 6.92 Å². The Morgan fingerprint density at radius 2 is 1.62 bits per heavy atom. The molecule has 50 heavy (non-hydrogen) atoms. The van der Waals surface area contributed by atoms with Crippen LogP contribution in [0, 0.1) is 5.92 Å². The SMILES string of the molecule is CC.CCCNC(C)C(=O)O.CCc1cc(OC(C)C)c(Nc2ncc(Cl)c(Nc3ccccc3OP(C)C(C)C)n2)cc1C(=O)C(C)CC. The molecule has 3 aromatic rings. The predicted molar refractivity (Wildman–Crippen MR) is 211 cm³/mol. The van der Waals surface area contributed by atoms with Gasteiger partial charge in [0.1, 0.15) is 22.6 Å². The van der Waals surface area contributed by atoms with Crippen LogP contribution in [0.3, 0.4) is 0 Å². The average Bonchev–Trinajstić information content (AvgIpc) is 3.09. The molecule has 0 saturated heterocycles. The summed E-state index contributed by atoms with van der Waals surface area (Å²) in [4.78, 5) is 32.4. The number of carboxylic acids is 1. The van der Waals surface area contributed by atoms with E-state index in [-0.39, 0.29) is 17.8 Å². The number of benzene rings is 2. The van der Waals surface area contributed by atoms with Crippen LogP contribution < -0.4 is 25.2 Å². The number of halogens is 1. The topological polar surface area (TPSA) is 135 Å². The van der Waals surface area contributed by atoms with Crippen LogP contribution in [0.15, 0.2) is 42.6 Å². The minimum Gasteiger partial charge on any atom is -0.489 e. The van der Waals surface area contributed by atoms with Crippen molar-refractivity contribution in [3.8, 4) is 11.5 Å². The molecule has 1 heterocycles. The van der Waals surface area contributed by atoms with Gasteiger partial charge in [-0.3, -0.25) is 9.59 Å². The van der Waals surface area contributed by atoms with Gasteiger partial charge < -0.3 is 30.3 Å². The van der Waals surface area contributed by atoms with Crippen molar-refractivity contribution in [3.05, 3.63) is 58.7 Å². The zero-order valence-corrected chi connectivity index (χ0v) is 33.6. The average molecular weight is 732 g/mol. The molecule has 3 atom stereocenters. The third-order valence-electron chi connectivity index (χ3n) is 7.45. The zero-order chi connectivity index (χ0) is 38.0. The van der Waals surface area contributed by atoms with Crippen LogP contribution in [0.25, 0.3) is 0 Å². The third-order valence-corrected chi connectivity index (χ3v) is 9.66. The fourth-order valence-electron chi connectivity index (χ4n) is 4.17. The smallest absolute Gasteiger partial charge is 0.320 e. The molecule has 0 amide bonds. The highest BCUT2D eigenvalue weighted by Gasteiger charge is 2.21. The molecule has 0 saturated carbocycles. The fourth-order valence-corrected chi connectivity index (χ4v) is 4.98. The van der Waals surface area contributed by atoms with E-state index in [9.17, 15) is 9.59 Å². The summed E-state index contributed by atoms with van der Waals surface area (Å²) >= 11 is 6.49. The van der Waals surface area contributed by atoms with Gasteiger partial charge in [0, 0.05) is 17.1 Å². The van der Waals surface area contributed by atoms with Crippen molar-refractivity contribution in [2.24, 2.45) is 5.92 Å². The van der Waals surface area contributed by atoms with Crippen molar-refractivity contribution in [3.63, 3.8) is 0 Å². The molecule has 3 rings (SSSR count). The molecule has 0 aliphatic heterocycles. The van der Waals surface area contributed by atoms with E-state index in [0.29, 0.717) is 39.4 Å². The second kappa shape index (κ2) is 23.1. The maximum Gasteiger partial charge on any atom is 0.320 e. The van der Waals surface area contributed by atoms with Crippen LogP contribution in [-0.2, 0) is 11.2 Å². The molecule has 0 bridgehead atoms. The van der Waals surface area contributed by atoms with Crippen molar-refractivity contribution in [1.82, 2.24) is 15.3 Å². The Hall–Kier alpha value is -3.46. The summed E-state index contributed by atoms with van der Waals surface area (Å²) < 4.78 is 12.4. The number of ether oxygens (including phenoxy) is 1. The van der Waals surface area contributed by atoms with Gasteiger partial charge in [-0.1, -0.05) is 79.1 Å². The van der Waals surface area contributed by atoms with Gasteiger partial charge in [0.15, 0.2) is 11.6 Å². The summed E-state index contributed by atoms with van der Waals surface area (Å²) in [5, 5.41) is 18.1. The van der Waals surface area contributed by atoms with E-state index in [4.69, 9.17) is 26.0 Å². The molecule has 0 spiro atoms. The van der Waals surface area contributed by atoms with E-state index in [0.717, 1.165) is 42.8 Å². The summed E-state index contributed by atoms with van der Waals surface area (Å²) in [6, 6.07) is 11.1. The zero-order valence-electron chi connectivity index (χ0n) is 32.0. The van der Waals surface area contributed by atoms with Gasteiger partial charge in [-0.15, -0.1) is 0 Å². The van der Waals surface area contributed by atoms with Crippen LogP contribution in [0.5, 0.6) is 11.5 Å². The maximum atomic E-state index is 13.2. The van der Waals surface area contributed by atoms with E-state index < -0.39 is 20.2 Å². The lowest BCUT2D eigenvalue weighted by atomic mass is 9.92. The molecular weight excluding hydrogens is 673 g/mol. The van der Waals surface area contributed by atoms with Gasteiger partial charge in [0.25, 0.3) is 0 Å². The number of carbonyl (C=O) groups excluding carboxylic acids is 1. The maximum absolute atomic E-state index is 13.2. The molecule has 0 fully saturated rings. The molecule has 3 unspecified atom stereocenters. The summed E-state index contributed by atoms with van der Waals surface area (Å²) in [5.41, 5.74) is 3.44. The Bertz CT molecular complexity index is 1490. The Morgan fingerprint density at radius 3 is 2.18 bits per heavy atom. The van der Waals surface area contributed by atoms with Gasteiger partial charge in [0.05, 0.1) is 31.8 Å². The Morgan fingerprint density at radius 1 is 0.960 bits per heavy atom. The minimum atomic E-state index is -0.788. The first kappa shape index (κ1) is 44.6. The first-order chi connectivity index (χ1) is 23.7. The third kappa shape index (κ3) is 14.4. The standard InChI is InChI=1S/C30H40ClN4O3P.C6H13NO2.C2H6/c1-9-20(7)28(36)22-16-25(27(37-18(3)4)15-21(22)10-2)34-30-32-17-23(31)29(35-30)33-24-13-11-12-14-26(24)38-39(8)19(5)6;1-3-4-7-5(2)6(8)9;1-2/h11-20H,9-10H2,1-8H3,(H2,32,33,34,35);5,7H,3-4H2,1-2H3,(H,8,9);1-2H3. The summed E-state index contributed by atoms with van der Waals surface area (Å²) in [6.07, 6.45) is 3.94. The van der Waals surface area contributed by atoms with Gasteiger partial charge >= 0.3 is 5.97 Å². The highest BCUT2D eigenvalue weighted by molar-refractivity contribution is 7.52. The first-order valence-electron chi connectivity index (χ1n) is 17.6. The van der Waals surface area contributed by atoms with Crippen molar-refractivity contribution in [2.45, 2.75) is 113 Å². The summed E-state index contributed by atoms with van der Waals surface area (Å²) in [6.45, 7) is 24.8. The molecule has 12 heteroatoms. The number of ketones is 1. The number of carboxylic acid groups (broad SMARTS) is 1. The normalized spacial score (nSPS) is 12.5. The summed E-state index contributed by atoms with van der Waals surface area (Å²) in [7, 11) is -0.644. The van der Waals surface area contributed by atoms with E-state index in [1.807, 2.05) is 91.8 Å². The molecule has 0 radical (unpaired) electrons. The molecule has 0 aliphatic rings. The lowest BCUT2D eigenvalue weighted by molar-refractivity contribution is -0.138. The number of nitrogens with zero attached hydrogens (tertiary/aromatic N) is 2. The van der Waals surface area contributed by atoms with Gasteiger partial charge in [-0.25, -0.2) is 4.98 Å². The Balaban J connectivity index is 0.000000986. The highest BCUT2D eigenvalue weighted by Crippen LogP contribution is 2.43. The molecule has 0 aliphatic carbocycles. The largest absolute Gasteiger partial charge is 0.489 e. The van der Waals surface area contributed by atoms with Gasteiger partial charge in [-0.05, 0) is 83.1 Å². The van der Waals surface area contributed by atoms with E-state index in [2.05, 4.69) is 46.4 Å². The van der Waals surface area contributed by atoms with Crippen molar-refractivity contribution < 1.29 is 24.0 Å². The number of nitrogens with one attached hydrogen (secondary N) is 3. The first-order valence-corrected chi connectivity index (χ1v) is 19.8. The molecule has 2 aromatic carbocycles. The Labute approximate surface area is 306 Å². The number of anilines is 4. The quantitative estimate of drug-likeness (QED) is 0.0785. The summed E-state index contributed by atoms with van der Waals surface area (Å²) in [5.74, 6) is 1.37. The molecular formula is C38H59ClN5O5P. The van der Waals surface area contributed by atoms with Crippen LogP contribution in [-0.4, -0.2) is 57.8 Å². The minimum absolute atomic E-state index is 0.0545. The van der Waals surface area contributed by atoms with E-state index in [1.165, 1.54) is 6.20 Å². The molecule has 10 nitrogen and oxygen atoms in total. The number of aromatic nitrogens is 2. The molecule has 278 valence electrons. The number of carbonyl (C=O) groups is 2. The lowest BCUT2D eigenvalue weighted by Gasteiger charge is -2.21. The lowest BCUT2D eigenvalue weighted by Crippen LogP contribution is -2.33. The van der Waals surface area contributed by atoms with Crippen molar-refractivity contribution >= 4 is 54.6 Å². The van der Waals surface area contributed by atoms with Crippen molar-refractivity contribution in [1.29, 1.82) is 0 Å². The number of Topliss-reactive ketones (excluding diaryl/α,β-unsaturated/α-hetero) is 1. The number of rotatable bonds is 17. The van der Waals surface area contributed by atoms with Crippen molar-refractivity contribution in [2.75, 3.05) is 23.8 Å². The van der Waals surface area contributed by atoms with Gasteiger partial charge in [-0.2, -0.15) is 4.98 Å². The van der Waals surface area contributed by atoms with Gasteiger partial charge in [0.2, 0.25) is 5.95 Å². The van der Waals surface area contributed by atoms with Crippen LogP contribution >= 0.6 is 19.7 Å². The second-order valence-electron chi connectivity index (χ2n) is 12.1. The number of hydrogen-bond acceptors (Lipinski definition) is 9. The number of aryl methyl sites for hydroxylation is 1. The fraction of sp³-hybridized carbons (Fsp3) is 0.526. The number of para-hydroxylation sites is 2. The van der Waals surface area contributed by atoms with Crippen LogP contribution in [0.2, 0.25) is 5.02 Å². The predicted octanol–water partition coefficient (Wildman–Crippen LogP) is 10.5. The Kier molecular flexibility index (Phi) is 20.6. The molecule has 1 aromatic heterocycles. The van der Waals surface area contributed by atoms with Crippen LogP contribution in [0.1, 0.15) is 105 Å². The number of aliphatic carboxylic acids is 1.